The fourth-order valence-electron chi connectivity index (χ4n) is 3.07. The Morgan fingerprint density at radius 1 is 0.800 bits per heavy atom. The highest BCUT2D eigenvalue weighted by atomic mass is 16.3. The smallest absolute Gasteiger partial charge is 0.116 e. The molecule has 2 nitrogen and oxygen atoms in total. The van der Waals surface area contributed by atoms with Crippen molar-refractivity contribution in [1.82, 2.24) is 0 Å². The van der Waals surface area contributed by atoms with Crippen LogP contribution in [-0.2, 0) is 0 Å². The summed E-state index contributed by atoms with van der Waals surface area (Å²) in [6, 6.07) is 12.8. The summed E-state index contributed by atoms with van der Waals surface area (Å²) in [6.45, 7) is 6.53. The molecule has 2 heteroatoms. The number of phenolic OH excluding ortho intramolecular Hbond substituents is 2. The van der Waals surface area contributed by atoms with Crippen molar-refractivity contribution in [1.29, 1.82) is 0 Å². The van der Waals surface area contributed by atoms with E-state index in [9.17, 15) is 10.2 Å². The van der Waals surface area contributed by atoms with E-state index in [1.165, 1.54) is 16.4 Å². The fourth-order valence-corrected chi connectivity index (χ4v) is 3.07. The van der Waals surface area contributed by atoms with Gasteiger partial charge in [-0.15, -0.1) is 0 Å². The van der Waals surface area contributed by atoms with Crippen LogP contribution in [-0.4, -0.2) is 10.2 Å². The predicted molar refractivity (Wildman–Crippen MR) is 80.8 cm³/mol. The van der Waals surface area contributed by atoms with E-state index in [0.29, 0.717) is 0 Å². The summed E-state index contributed by atoms with van der Waals surface area (Å²) in [4.78, 5) is 0. The van der Waals surface area contributed by atoms with Gasteiger partial charge in [-0.1, -0.05) is 37.6 Å². The average molecular weight is 266 g/mol. The van der Waals surface area contributed by atoms with Crippen LogP contribution in [0.25, 0.3) is 11.1 Å². The summed E-state index contributed by atoms with van der Waals surface area (Å²) in [7, 11) is 0. The first-order valence-electron chi connectivity index (χ1n) is 6.76. The zero-order valence-electron chi connectivity index (χ0n) is 11.9. The summed E-state index contributed by atoms with van der Waals surface area (Å²) in [6.07, 6.45) is 0. The molecule has 3 rings (SSSR count). The van der Waals surface area contributed by atoms with Crippen molar-refractivity contribution in [3.63, 3.8) is 0 Å². The molecule has 0 fully saturated rings. The van der Waals surface area contributed by atoms with Crippen LogP contribution in [0.5, 0.6) is 11.5 Å². The number of fused-ring (bicyclic) bond motifs is 1. The molecule has 0 bridgehead atoms. The molecule has 0 aromatic heterocycles. The van der Waals surface area contributed by atoms with Crippen molar-refractivity contribution in [2.75, 3.05) is 0 Å². The number of rotatable bonds is 1. The first kappa shape index (κ1) is 12.8. The van der Waals surface area contributed by atoms with Gasteiger partial charge in [0.05, 0.1) is 0 Å². The van der Waals surface area contributed by atoms with Gasteiger partial charge in [0, 0.05) is 5.41 Å². The molecule has 2 aromatic carbocycles. The van der Waals surface area contributed by atoms with Crippen LogP contribution in [0.1, 0.15) is 26.3 Å². The lowest BCUT2D eigenvalue weighted by Crippen LogP contribution is -2.23. The lowest BCUT2D eigenvalue weighted by atomic mass is 9.77. The van der Waals surface area contributed by atoms with Gasteiger partial charge in [0.1, 0.15) is 11.5 Å². The lowest BCUT2D eigenvalue weighted by Gasteiger charge is -2.26. The fraction of sp³-hybridized carbons (Fsp3) is 0.222. The zero-order chi connectivity index (χ0) is 14.5. The summed E-state index contributed by atoms with van der Waals surface area (Å²) in [5.74, 6) is 0.549. The molecule has 2 N–H and O–H groups in total. The van der Waals surface area contributed by atoms with Crippen molar-refractivity contribution in [2.45, 2.75) is 20.8 Å². The summed E-state index contributed by atoms with van der Waals surface area (Å²) in [5, 5.41) is 21.5. The normalized spacial score (nSPS) is 16.4. The minimum atomic E-state index is -0.0902. The molecule has 1 aliphatic carbocycles. The third-order valence-electron chi connectivity index (χ3n) is 4.39. The Labute approximate surface area is 118 Å². The van der Waals surface area contributed by atoms with E-state index < -0.39 is 0 Å². The van der Waals surface area contributed by atoms with E-state index in [-0.39, 0.29) is 16.9 Å². The Morgan fingerprint density at radius 2 is 1.40 bits per heavy atom. The van der Waals surface area contributed by atoms with Gasteiger partial charge in [-0.2, -0.15) is 0 Å². The highest BCUT2D eigenvalue weighted by Gasteiger charge is 2.32. The van der Waals surface area contributed by atoms with Gasteiger partial charge >= 0.3 is 0 Å². The van der Waals surface area contributed by atoms with Crippen LogP contribution < -0.4 is 10.4 Å². The van der Waals surface area contributed by atoms with Crippen molar-refractivity contribution in [3.8, 4) is 11.5 Å². The molecule has 0 saturated carbocycles. The Kier molecular flexibility index (Phi) is 2.65. The van der Waals surface area contributed by atoms with Crippen LogP contribution >= 0.6 is 0 Å². The minimum Gasteiger partial charge on any atom is -0.508 e. The highest BCUT2D eigenvalue weighted by molar-refractivity contribution is 5.83. The summed E-state index contributed by atoms with van der Waals surface area (Å²) in [5.41, 5.74) is 3.49. The second-order valence-electron chi connectivity index (χ2n) is 5.90. The van der Waals surface area contributed by atoms with E-state index in [2.05, 4.69) is 20.8 Å². The van der Waals surface area contributed by atoms with Crippen LogP contribution in [0.15, 0.2) is 42.5 Å². The van der Waals surface area contributed by atoms with Crippen LogP contribution in [0.3, 0.4) is 0 Å². The molecule has 1 aliphatic rings. The summed E-state index contributed by atoms with van der Waals surface area (Å²) >= 11 is 0. The predicted octanol–water partition coefficient (Wildman–Crippen LogP) is 2.51. The summed E-state index contributed by atoms with van der Waals surface area (Å²) < 4.78 is 0. The van der Waals surface area contributed by atoms with E-state index >= 15 is 0 Å². The number of hydrogen-bond donors (Lipinski definition) is 2. The minimum absolute atomic E-state index is 0.0902. The molecule has 0 aliphatic heterocycles. The largest absolute Gasteiger partial charge is 0.508 e. The van der Waals surface area contributed by atoms with Gasteiger partial charge in [-0.05, 0) is 52.8 Å². The average Bonchev–Trinajstić information content (AvgIpc) is 2.59. The van der Waals surface area contributed by atoms with E-state index in [4.69, 9.17) is 0 Å². The zero-order valence-corrected chi connectivity index (χ0v) is 11.9. The first-order chi connectivity index (χ1) is 9.41. The third-order valence-corrected chi connectivity index (χ3v) is 4.39. The van der Waals surface area contributed by atoms with Gasteiger partial charge in [-0.25, -0.2) is 0 Å². The highest BCUT2D eigenvalue weighted by Crippen LogP contribution is 2.41. The van der Waals surface area contributed by atoms with Crippen LogP contribution in [0, 0.1) is 5.41 Å². The second-order valence-corrected chi connectivity index (χ2v) is 5.90. The third kappa shape index (κ3) is 1.72. The topological polar surface area (TPSA) is 40.5 Å². The van der Waals surface area contributed by atoms with Gasteiger partial charge in [-0.3, -0.25) is 0 Å². The molecule has 0 heterocycles. The molecule has 0 amide bonds. The van der Waals surface area contributed by atoms with E-state index in [1.54, 1.807) is 18.2 Å². The maximum Gasteiger partial charge on any atom is 0.116 e. The van der Waals surface area contributed by atoms with Crippen LogP contribution in [0.4, 0.5) is 0 Å². The molecule has 0 spiro atoms. The quantitative estimate of drug-likeness (QED) is 0.832. The Bertz CT molecular complexity index is 796. The number of benzene rings is 2. The van der Waals surface area contributed by atoms with Gasteiger partial charge < -0.3 is 10.2 Å². The molecule has 0 unspecified atom stereocenters. The van der Waals surface area contributed by atoms with Gasteiger partial charge in [0.15, 0.2) is 0 Å². The van der Waals surface area contributed by atoms with Crippen LogP contribution in [0.2, 0.25) is 0 Å². The van der Waals surface area contributed by atoms with E-state index in [1.807, 2.05) is 24.3 Å². The SMILES string of the molecule is CC1=c2ccc(O)cc2=C(c2ccc(O)cc2)C1(C)C. The molecule has 102 valence electrons. The molecule has 20 heavy (non-hydrogen) atoms. The van der Waals surface area contributed by atoms with Crippen molar-refractivity contribution in [2.24, 2.45) is 5.41 Å². The Hall–Kier alpha value is -2.22. The molecule has 0 radical (unpaired) electrons. The van der Waals surface area contributed by atoms with Crippen molar-refractivity contribution in [3.05, 3.63) is 58.5 Å². The molecule has 0 saturated heterocycles. The van der Waals surface area contributed by atoms with Crippen molar-refractivity contribution < 1.29 is 10.2 Å². The Morgan fingerprint density at radius 3 is 2.05 bits per heavy atom. The van der Waals surface area contributed by atoms with Gasteiger partial charge in [0.2, 0.25) is 0 Å². The maximum atomic E-state index is 9.80. The standard InChI is InChI=1S/C18H18O2/c1-11-15-9-8-14(20)10-16(15)17(18(11,2)3)12-4-6-13(19)7-5-12/h4-10,19-20H,1-3H3. The van der Waals surface area contributed by atoms with Gasteiger partial charge in [0.25, 0.3) is 0 Å². The molecule has 0 atom stereocenters. The number of phenols is 2. The lowest BCUT2D eigenvalue weighted by molar-refractivity contribution is 0.474. The number of hydrogen-bond acceptors (Lipinski definition) is 2. The monoisotopic (exact) mass is 266 g/mol. The molecule has 2 aromatic rings. The first-order valence-corrected chi connectivity index (χ1v) is 6.76. The Balaban J connectivity index is 2.42. The molecular weight excluding hydrogens is 248 g/mol. The van der Waals surface area contributed by atoms with Crippen molar-refractivity contribution >= 4 is 11.1 Å². The number of aromatic hydroxyl groups is 2. The van der Waals surface area contributed by atoms with E-state index in [0.717, 1.165) is 10.8 Å². The maximum absolute atomic E-state index is 9.80. The second kappa shape index (κ2) is 4.14. The molecular formula is C18H18O2.